The lowest BCUT2D eigenvalue weighted by atomic mass is 9.90. The predicted molar refractivity (Wildman–Crippen MR) is 122 cm³/mol. The summed E-state index contributed by atoms with van der Waals surface area (Å²) in [5.41, 5.74) is 0.899. The Bertz CT molecular complexity index is 1070. The fourth-order valence-corrected chi connectivity index (χ4v) is 4.12. The second-order valence-corrected chi connectivity index (χ2v) is 11.0. The number of benzene rings is 1. The maximum Gasteiger partial charge on any atom is 0.410 e. The SMILES string of the molecule is CC(C)(C)OC(=O)N1CCC(c2ccc(NC(=O)c3ccc(S(C)(=O)=O)cc3)nc2)CC1. The van der Waals surface area contributed by atoms with Crippen molar-refractivity contribution >= 4 is 27.7 Å². The quantitative estimate of drug-likeness (QED) is 0.744. The smallest absolute Gasteiger partial charge is 0.410 e. The van der Waals surface area contributed by atoms with Gasteiger partial charge >= 0.3 is 6.09 Å². The van der Waals surface area contributed by atoms with Crippen molar-refractivity contribution < 1.29 is 22.7 Å². The molecule has 0 aliphatic carbocycles. The van der Waals surface area contributed by atoms with Crippen molar-refractivity contribution in [1.29, 1.82) is 0 Å². The molecule has 1 aromatic carbocycles. The van der Waals surface area contributed by atoms with E-state index >= 15 is 0 Å². The van der Waals surface area contributed by atoms with E-state index < -0.39 is 15.4 Å². The molecule has 172 valence electrons. The summed E-state index contributed by atoms with van der Waals surface area (Å²) >= 11 is 0. The van der Waals surface area contributed by atoms with Gasteiger partial charge in [0, 0.05) is 31.1 Å². The minimum atomic E-state index is -3.31. The molecule has 1 N–H and O–H groups in total. The van der Waals surface area contributed by atoms with E-state index in [4.69, 9.17) is 4.74 Å². The monoisotopic (exact) mass is 459 g/mol. The Morgan fingerprint density at radius 1 is 1.06 bits per heavy atom. The Morgan fingerprint density at radius 2 is 1.69 bits per heavy atom. The Labute approximate surface area is 188 Å². The first-order chi connectivity index (χ1) is 14.9. The first-order valence-corrected chi connectivity index (χ1v) is 12.4. The number of hydrogen-bond acceptors (Lipinski definition) is 6. The third kappa shape index (κ3) is 6.29. The van der Waals surface area contributed by atoms with Gasteiger partial charge in [0.1, 0.15) is 11.4 Å². The molecule has 1 aliphatic heterocycles. The molecule has 0 bridgehead atoms. The molecule has 0 atom stereocenters. The van der Waals surface area contributed by atoms with E-state index in [9.17, 15) is 18.0 Å². The number of pyridine rings is 1. The van der Waals surface area contributed by atoms with Crippen LogP contribution in [-0.4, -0.2) is 55.2 Å². The van der Waals surface area contributed by atoms with Crippen LogP contribution in [0.4, 0.5) is 10.6 Å². The highest BCUT2D eigenvalue weighted by atomic mass is 32.2. The van der Waals surface area contributed by atoms with Gasteiger partial charge in [-0.1, -0.05) is 6.07 Å². The number of piperidine rings is 1. The van der Waals surface area contributed by atoms with Crippen molar-refractivity contribution in [2.75, 3.05) is 24.7 Å². The van der Waals surface area contributed by atoms with Gasteiger partial charge in [-0.25, -0.2) is 18.2 Å². The first kappa shape index (κ1) is 23.7. The number of carbonyl (C=O) groups excluding carboxylic acids is 2. The number of aromatic nitrogens is 1. The Kier molecular flexibility index (Phi) is 6.88. The van der Waals surface area contributed by atoms with Crippen molar-refractivity contribution in [2.45, 2.75) is 50.0 Å². The number of sulfone groups is 1. The minimum Gasteiger partial charge on any atom is -0.444 e. The van der Waals surface area contributed by atoms with Gasteiger partial charge in [0.25, 0.3) is 5.91 Å². The van der Waals surface area contributed by atoms with Crippen LogP contribution >= 0.6 is 0 Å². The standard InChI is InChI=1S/C23H29N3O5S/c1-23(2,3)31-22(28)26-13-11-16(12-14-26)18-7-10-20(24-15-18)25-21(27)17-5-8-19(9-6-17)32(4,29)30/h5-10,15-16H,11-14H2,1-4H3,(H,24,25,27). The van der Waals surface area contributed by atoms with Crippen LogP contribution in [0.5, 0.6) is 0 Å². The number of anilines is 1. The molecule has 0 saturated carbocycles. The maximum atomic E-state index is 12.4. The van der Waals surface area contributed by atoms with Crippen molar-refractivity contribution in [1.82, 2.24) is 9.88 Å². The molecule has 2 heterocycles. The fourth-order valence-electron chi connectivity index (χ4n) is 3.48. The molecule has 1 saturated heterocycles. The van der Waals surface area contributed by atoms with Crippen LogP contribution in [0.3, 0.4) is 0 Å². The predicted octanol–water partition coefficient (Wildman–Crippen LogP) is 3.85. The summed E-state index contributed by atoms with van der Waals surface area (Å²) < 4.78 is 28.5. The largest absolute Gasteiger partial charge is 0.444 e. The number of hydrogen-bond donors (Lipinski definition) is 1. The van der Waals surface area contributed by atoms with E-state index in [2.05, 4.69) is 10.3 Å². The highest BCUT2D eigenvalue weighted by Gasteiger charge is 2.27. The number of nitrogens with zero attached hydrogens (tertiary/aromatic N) is 2. The number of likely N-dealkylation sites (tertiary alicyclic amines) is 1. The van der Waals surface area contributed by atoms with E-state index in [0.29, 0.717) is 24.5 Å². The topological polar surface area (TPSA) is 106 Å². The molecule has 0 unspecified atom stereocenters. The molecular formula is C23H29N3O5S. The molecule has 9 heteroatoms. The van der Waals surface area contributed by atoms with Crippen LogP contribution in [0.15, 0.2) is 47.5 Å². The fraction of sp³-hybridized carbons (Fsp3) is 0.435. The Morgan fingerprint density at radius 3 is 2.19 bits per heavy atom. The second kappa shape index (κ2) is 9.28. The second-order valence-electron chi connectivity index (χ2n) is 8.97. The van der Waals surface area contributed by atoms with Gasteiger partial charge < -0.3 is 15.0 Å². The molecule has 2 amide bonds. The third-order valence-corrected chi connectivity index (χ3v) is 6.32. The number of carbonyl (C=O) groups is 2. The summed E-state index contributed by atoms with van der Waals surface area (Å²) in [6.45, 7) is 6.82. The number of rotatable bonds is 4. The average Bonchev–Trinajstić information content (AvgIpc) is 2.73. The third-order valence-electron chi connectivity index (χ3n) is 5.19. The highest BCUT2D eigenvalue weighted by molar-refractivity contribution is 7.90. The van der Waals surface area contributed by atoms with Crippen LogP contribution < -0.4 is 5.32 Å². The van der Waals surface area contributed by atoms with Gasteiger partial charge in [0.15, 0.2) is 9.84 Å². The summed E-state index contributed by atoms with van der Waals surface area (Å²) in [4.78, 5) is 30.9. The molecular weight excluding hydrogens is 430 g/mol. The number of amides is 2. The molecule has 1 fully saturated rings. The van der Waals surface area contributed by atoms with Gasteiger partial charge in [-0.2, -0.15) is 0 Å². The summed E-state index contributed by atoms with van der Waals surface area (Å²) in [6.07, 6.45) is 4.22. The molecule has 1 aliphatic rings. The Hall–Kier alpha value is -2.94. The van der Waals surface area contributed by atoms with E-state index in [1.165, 1.54) is 24.3 Å². The molecule has 32 heavy (non-hydrogen) atoms. The van der Waals surface area contributed by atoms with Gasteiger partial charge in [-0.05, 0) is 75.4 Å². The van der Waals surface area contributed by atoms with Crippen molar-refractivity contribution in [3.05, 3.63) is 53.7 Å². The van der Waals surface area contributed by atoms with Gasteiger partial charge in [0.05, 0.1) is 4.90 Å². The van der Waals surface area contributed by atoms with E-state index in [1.807, 2.05) is 26.8 Å². The van der Waals surface area contributed by atoms with Crippen LogP contribution in [0.2, 0.25) is 0 Å². The van der Waals surface area contributed by atoms with Gasteiger partial charge in [-0.3, -0.25) is 4.79 Å². The summed E-state index contributed by atoms with van der Waals surface area (Å²) in [5.74, 6) is 0.336. The van der Waals surface area contributed by atoms with Crippen LogP contribution in [0, 0.1) is 0 Å². The zero-order valence-electron chi connectivity index (χ0n) is 18.8. The van der Waals surface area contributed by atoms with Gasteiger partial charge in [0.2, 0.25) is 0 Å². The normalized spacial score (nSPS) is 15.3. The van der Waals surface area contributed by atoms with Crippen molar-refractivity contribution in [3.63, 3.8) is 0 Å². The maximum absolute atomic E-state index is 12.4. The highest BCUT2D eigenvalue weighted by Crippen LogP contribution is 2.29. The molecule has 0 radical (unpaired) electrons. The molecule has 8 nitrogen and oxygen atoms in total. The number of nitrogens with one attached hydrogen (secondary N) is 1. The van der Waals surface area contributed by atoms with Crippen molar-refractivity contribution in [2.24, 2.45) is 0 Å². The number of ether oxygens (including phenoxy) is 1. The Balaban J connectivity index is 1.55. The molecule has 0 spiro atoms. The zero-order valence-corrected chi connectivity index (χ0v) is 19.6. The van der Waals surface area contributed by atoms with E-state index in [1.54, 1.807) is 17.2 Å². The average molecular weight is 460 g/mol. The molecule has 3 rings (SSSR count). The van der Waals surface area contributed by atoms with Crippen LogP contribution in [0.25, 0.3) is 0 Å². The van der Waals surface area contributed by atoms with E-state index in [-0.39, 0.29) is 22.8 Å². The molecule has 2 aromatic rings. The van der Waals surface area contributed by atoms with Crippen molar-refractivity contribution in [3.8, 4) is 0 Å². The minimum absolute atomic E-state index is 0.161. The van der Waals surface area contributed by atoms with Gasteiger partial charge in [-0.15, -0.1) is 0 Å². The lowest BCUT2D eigenvalue weighted by molar-refractivity contribution is 0.0204. The van der Waals surface area contributed by atoms with E-state index in [0.717, 1.165) is 24.7 Å². The first-order valence-electron chi connectivity index (χ1n) is 10.5. The zero-order chi connectivity index (χ0) is 23.5. The summed E-state index contributed by atoms with van der Waals surface area (Å²) in [7, 11) is -3.31. The molecule has 1 aromatic heterocycles. The summed E-state index contributed by atoms with van der Waals surface area (Å²) in [5, 5.41) is 2.72. The summed E-state index contributed by atoms with van der Waals surface area (Å²) in [6, 6.07) is 9.44. The van der Waals surface area contributed by atoms with Crippen LogP contribution in [0.1, 0.15) is 55.5 Å². The van der Waals surface area contributed by atoms with Crippen LogP contribution in [-0.2, 0) is 14.6 Å². The lowest BCUT2D eigenvalue weighted by Gasteiger charge is -2.33. The lowest BCUT2D eigenvalue weighted by Crippen LogP contribution is -2.41.